The van der Waals surface area contributed by atoms with Gasteiger partial charge in [-0.25, -0.2) is 0 Å². The van der Waals surface area contributed by atoms with Crippen molar-refractivity contribution in [3.05, 3.63) is 23.8 Å². The lowest BCUT2D eigenvalue weighted by atomic mass is 9.82. The van der Waals surface area contributed by atoms with Crippen LogP contribution in [0.4, 0.5) is 0 Å². The lowest BCUT2D eigenvalue weighted by molar-refractivity contribution is -0.132. The average molecular weight is 410 g/mol. The van der Waals surface area contributed by atoms with E-state index >= 15 is 0 Å². The van der Waals surface area contributed by atoms with Gasteiger partial charge in [-0.15, -0.1) is 0 Å². The number of allylic oxidation sites excluding steroid dienone is 2. The van der Waals surface area contributed by atoms with Crippen molar-refractivity contribution in [1.82, 2.24) is 5.32 Å². The number of carbonyl (C=O) groups excluding carboxylic acids is 2. The number of ketones is 1. The molecule has 0 aromatic carbocycles. The zero-order chi connectivity index (χ0) is 21.6. The molecule has 0 aliphatic heterocycles. The maximum atomic E-state index is 12.3. The van der Waals surface area contributed by atoms with Crippen molar-refractivity contribution in [1.29, 1.82) is 0 Å². The number of hydrogen-bond donors (Lipinski definition) is 2. The van der Waals surface area contributed by atoms with Crippen LogP contribution in [0, 0.1) is 5.92 Å². The molecule has 1 amide bonds. The Hall–Kier alpha value is -1.50. The SMILES string of the molecule is CCCCC[C@@H](C/C=C/CCC(=O)NC[C@@H](OC)[C@H]1C(=O)C(C)=CC[C@H]1O)OC. The van der Waals surface area contributed by atoms with Gasteiger partial charge in [-0.3, -0.25) is 9.59 Å². The Morgan fingerprint density at radius 2 is 2.07 bits per heavy atom. The molecule has 0 aromatic heterocycles. The molecule has 1 rings (SSSR count). The summed E-state index contributed by atoms with van der Waals surface area (Å²) < 4.78 is 10.9. The molecule has 0 saturated heterocycles. The molecule has 1 aliphatic rings. The number of ether oxygens (including phenoxy) is 2. The van der Waals surface area contributed by atoms with E-state index in [1.54, 1.807) is 20.1 Å². The fourth-order valence-electron chi connectivity index (χ4n) is 3.59. The van der Waals surface area contributed by atoms with E-state index in [0.717, 1.165) is 12.8 Å². The van der Waals surface area contributed by atoms with Crippen LogP contribution in [-0.2, 0) is 19.1 Å². The number of hydrogen-bond acceptors (Lipinski definition) is 5. The number of carbonyl (C=O) groups is 2. The van der Waals surface area contributed by atoms with E-state index in [4.69, 9.17) is 9.47 Å². The Kier molecular flexibility index (Phi) is 12.7. The van der Waals surface area contributed by atoms with Crippen molar-refractivity contribution >= 4 is 11.7 Å². The highest BCUT2D eigenvalue weighted by Gasteiger charge is 2.37. The van der Waals surface area contributed by atoms with Crippen LogP contribution < -0.4 is 5.32 Å². The monoisotopic (exact) mass is 409 g/mol. The fraction of sp³-hybridized carbons (Fsp3) is 0.739. The van der Waals surface area contributed by atoms with E-state index in [0.29, 0.717) is 24.8 Å². The maximum absolute atomic E-state index is 12.3. The van der Waals surface area contributed by atoms with Gasteiger partial charge in [0.25, 0.3) is 0 Å². The third-order valence-corrected chi connectivity index (χ3v) is 5.54. The second-order valence-electron chi connectivity index (χ2n) is 7.76. The second kappa shape index (κ2) is 14.5. The Labute approximate surface area is 175 Å². The predicted molar refractivity (Wildman–Crippen MR) is 115 cm³/mol. The van der Waals surface area contributed by atoms with Crippen LogP contribution in [0.25, 0.3) is 0 Å². The molecule has 0 heterocycles. The molecule has 0 spiro atoms. The molecule has 6 heteroatoms. The highest BCUT2D eigenvalue weighted by molar-refractivity contribution is 5.98. The first kappa shape index (κ1) is 25.5. The second-order valence-corrected chi connectivity index (χ2v) is 7.76. The fourth-order valence-corrected chi connectivity index (χ4v) is 3.59. The average Bonchev–Trinajstić information content (AvgIpc) is 2.71. The number of Topliss-reactive ketones (excluding diaryl/α,β-unsaturated/α-hetero) is 1. The molecule has 0 aromatic rings. The quantitative estimate of drug-likeness (QED) is 0.340. The molecule has 0 fully saturated rings. The number of methoxy groups -OCH3 is 2. The molecule has 4 atom stereocenters. The smallest absolute Gasteiger partial charge is 0.220 e. The van der Waals surface area contributed by atoms with Crippen molar-refractivity contribution in [2.75, 3.05) is 20.8 Å². The Morgan fingerprint density at radius 3 is 2.72 bits per heavy atom. The lowest BCUT2D eigenvalue weighted by Crippen LogP contribution is -2.47. The summed E-state index contributed by atoms with van der Waals surface area (Å²) in [6.07, 6.45) is 11.8. The first-order valence-electron chi connectivity index (χ1n) is 10.8. The summed E-state index contributed by atoms with van der Waals surface area (Å²) in [4.78, 5) is 24.5. The van der Waals surface area contributed by atoms with E-state index in [-0.39, 0.29) is 24.3 Å². The van der Waals surface area contributed by atoms with E-state index in [2.05, 4.69) is 18.3 Å². The standard InChI is InChI=1S/C23H39NO5/c1-5-6-8-11-18(28-3)12-9-7-10-13-21(26)24-16-20(29-4)22-19(25)15-14-17(2)23(22)27/h7,9,14,18-20,22,25H,5-6,8,10-13,15-16H2,1-4H3,(H,24,26)/b9-7+/t18-,19+,20+,22-/m0/s1. The molecule has 0 saturated carbocycles. The van der Waals surface area contributed by atoms with E-state index in [1.807, 2.05) is 6.08 Å². The Morgan fingerprint density at radius 1 is 1.31 bits per heavy atom. The summed E-state index contributed by atoms with van der Waals surface area (Å²) in [5.74, 6) is -0.837. The maximum Gasteiger partial charge on any atom is 0.220 e. The number of rotatable bonds is 14. The van der Waals surface area contributed by atoms with Gasteiger partial charge in [-0.05, 0) is 38.2 Å². The minimum absolute atomic E-state index is 0.0899. The number of aliphatic hydroxyl groups excluding tert-OH is 1. The third-order valence-electron chi connectivity index (χ3n) is 5.54. The normalized spacial score (nSPS) is 21.8. The largest absolute Gasteiger partial charge is 0.392 e. The Bertz CT molecular complexity index is 557. The minimum atomic E-state index is -0.776. The van der Waals surface area contributed by atoms with Crippen LogP contribution in [0.1, 0.15) is 65.2 Å². The number of aliphatic hydroxyl groups is 1. The number of amides is 1. The molecule has 2 N–H and O–H groups in total. The van der Waals surface area contributed by atoms with Gasteiger partial charge < -0.3 is 19.9 Å². The van der Waals surface area contributed by atoms with Crippen LogP contribution in [0.5, 0.6) is 0 Å². The van der Waals surface area contributed by atoms with E-state index in [1.165, 1.54) is 26.4 Å². The van der Waals surface area contributed by atoms with Gasteiger partial charge in [0.2, 0.25) is 5.91 Å². The van der Waals surface area contributed by atoms with E-state index < -0.39 is 18.1 Å². The third kappa shape index (κ3) is 9.24. The summed E-state index contributed by atoms with van der Waals surface area (Å²) in [6.45, 7) is 4.15. The summed E-state index contributed by atoms with van der Waals surface area (Å²) in [7, 11) is 3.25. The van der Waals surface area contributed by atoms with Crippen molar-refractivity contribution < 1.29 is 24.2 Å². The summed E-state index contributed by atoms with van der Waals surface area (Å²) >= 11 is 0. The first-order chi connectivity index (χ1) is 13.9. The van der Waals surface area contributed by atoms with Crippen LogP contribution in [-0.4, -0.2) is 55.9 Å². The van der Waals surface area contributed by atoms with Crippen LogP contribution in [0.3, 0.4) is 0 Å². The molecule has 0 unspecified atom stereocenters. The van der Waals surface area contributed by atoms with Gasteiger partial charge in [0.15, 0.2) is 5.78 Å². The summed E-state index contributed by atoms with van der Waals surface area (Å²) in [5.41, 5.74) is 0.642. The molecule has 0 bridgehead atoms. The highest BCUT2D eigenvalue weighted by atomic mass is 16.5. The van der Waals surface area contributed by atoms with Gasteiger partial charge in [0.05, 0.1) is 24.2 Å². The Balaban J connectivity index is 2.33. The molecule has 166 valence electrons. The number of unbranched alkanes of at least 4 members (excludes halogenated alkanes) is 2. The zero-order valence-electron chi connectivity index (χ0n) is 18.5. The zero-order valence-corrected chi connectivity index (χ0v) is 18.5. The van der Waals surface area contributed by atoms with Crippen molar-refractivity contribution in [2.45, 2.75) is 83.5 Å². The van der Waals surface area contributed by atoms with Gasteiger partial charge >= 0.3 is 0 Å². The molecule has 6 nitrogen and oxygen atoms in total. The molecular weight excluding hydrogens is 370 g/mol. The molecule has 29 heavy (non-hydrogen) atoms. The van der Waals surface area contributed by atoms with Crippen molar-refractivity contribution in [3.8, 4) is 0 Å². The van der Waals surface area contributed by atoms with Crippen LogP contribution >= 0.6 is 0 Å². The van der Waals surface area contributed by atoms with Gasteiger partial charge in [0, 0.05) is 27.2 Å². The van der Waals surface area contributed by atoms with Gasteiger partial charge in [-0.2, -0.15) is 0 Å². The summed E-state index contributed by atoms with van der Waals surface area (Å²) in [6, 6.07) is 0. The summed E-state index contributed by atoms with van der Waals surface area (Å²) in [5, 5.41) is 13.0. The first-order valence-corrected chi connectivity index (χ1v) is 10.8. The van der Waals surface area contributed by atoms with Crippen LogP contribution in [0.15, 0.2) is 23.8 Å². The van der Waals surface area contributed by atoms with Gasteiger partial charge in [-0.1, -0.05) is 44.4 Å². The minimum Gasteiger partial charge on any atom is -0.392 e. The topological polar surface area (TPSA) is 84.9 Å². The molecular formula is C23H39NO5. The molecule has 0 radical (unpaired) electrons. The van der Waals surface area contributed by atoms with Crippen molar-refractivity contribution in [2.24, 2.45) is 5.92 Å². The van der Waals surface area contributed by atoms with E-state index in [9.17, 15) is 14.7 Å². The van der Waals surface area contributed by atoms with Gasteiger partial charge in [0.1, 0.15) is 0 Å². The molecule has 1 aliphatic carbocycles. The predicted octanol–water partition coefficient (Wildman–Crippen LogP) is 3.34. The number of nitrogens with one attached hydrogen (secondary N) is 1. The lowest BCUT2D eigenvalue weighted by Gasteiger charge is -2.31. The van der Waals surface area contributed by atoms with Crippen LogP contribution in [0.2, 0.25) is 0 Å². The van der Waals surface area contributed by atoms with Crippen molar-refractivity contribution in [3.63, 3.8) is 0 Å². The highest BCUT2D eigenvalue weighted by Crippen LogP contribution is 2.25.